The lowest BCUT2D eigenvalue weighted by molar-refractivity contribution is 1.18. The molecule has 2 nitrogen and oxygen atoms in total. The summed E-state index contributed by atoms with van der Waals surface area (Å²) in [7, 11) is 0. The molecule has 10 aromatic carbocycles. The molecule has 0 aliphatic carbocycles. The molecule has 0 bridgehead atoms. The van der Waals surface area contributed by atoms with Gasteiger partial charge in [-0.2, -0.15) is 0 Å². The predicted molar refractivity (Wildman–Crippen MR) is 270 cm³/mol. The molecule has 294 valence electrons. The molecule has 0 saturated carbocycles. The maximum absolute atomic E-state index is 2.42. The van der Waals surface area contributed by atoms with Crippen molar-refractivity contribution < 1.29 is 0 Å². The van der Waals surface area contributed by atoms with Crippen LogP contribution < -0.4 is 0 Å². The second-order valence-corrected chi connectivity index (χ2v) is 17.6. The minimum atomic E-state index is 1.17. The highest BCUT2D eigenvalue weighted by Gasteiger charge is 2.18. The van der Waals surface area contributed by atoms with Crippen LogP contribution in [0.1, 0.15) is 0 Å². The van der Waals surface area contributed by atoms with Gasteiger partial charge in [-0.1, -0.05) is 158 Å². The molecule has 0 radical (unpaired) electrons. The van der Waals surface area contributed by atoms with Gasteiger partial charge in [-0.25, -0.2) is 0 Å². The van der Waals surface area contributed by atoms with E-state index in [2.05, 4.69) is 240 Å². The number of fused-ring (bicyclic) bond motifs is 8. The molecular weight excluding hydrogens is 781 g/mol. The Labute approximate surface area is 368 Å². The monoisotopic (exact) mass is 818 g/mol. The third-order valence-electron chi connectivity index (χ3n) is 12.9. The van der Waals surface area contributed by atoms with Crippen molar-refractivity contribution in [3.63, 3.8) is 0 Å². The Morgan fingerprint density at radius 3 is 1.08 bits per heavy atom. The number of hydrogen-bond donors (Lipinski definition) is 0. The van der Waals surface area contributed by atoms with Crippen LogP contribution in [-0.2, 0) is 0 Å². The van der Waals surface area contributed by atoms with Gasteiger partial charge in [0.1, 0.15) is 0 Å². The average molecular weight is 819 g/mol. The molecule has 0 atom stereocenters. The Hall–Kier alpha value is -7.98. The van der Waals surface area contributed by atoms with Crippen LogP contribution in [0.2, 0.25) is 0 Å². The van der Waals surface area contributed by atoms with Crippen LogP contribution in [0.4, 0.5) is 0 Å². The fourth-order valence-corrected chi connectivity index (χ4v) is 11.0. The summed E-state index contributed by atoms with van der Waals surface area (Å²) >= 11 is 1.86. The first-order valence-electron chi connectivity index (χ1n) is 21.6. The quantitative estimate of drug-likeness (QED) is 0.158. The Balaban J connectivity index is 0.828. The minimum absolute atomic E-state index is 1.17. The van der Waals surface area contributed by atoms with Gasteiger partial charge in [-0.3, -0.25) is 0 Å². The Kier molecular flexibility index (Phi) is 8.12. The summed E-state index contributed by atoms with van der Waals surface area (Å²) in [5.41, 5.74) is 14.6. The van der Waals surface area contributed by atoms with Gasteiger partial charge in [0, 0.05) is 53.8 Å². The molecule has 3 heterocycles. The highest BCUT2D eigenvalue weighted by Crippen LogP contribution is 2.42. The predicted octanol–water partition coefficient (Wildman–Crippen LogP) is 16.9. The molecule has 3 aromatic heterocycles. The molecular formula is C60H38N2S. The van der Waals surface area contributed by atoms with Crippen molar-refractivity contribution in [2.45, 2.75) is 0 Å². The van der Waals surface area contributed by atoms with Crippen LogP contribution in [0.3, 0.4) is 0 Å². The molecule has 0 saturated heterocycles. The summed E-state index contributed by atoms with van der Waals surface area (Å²) in [6.07, 6.45) is 0. The van der Waals surface area contributed by atoms with E-state index in [1.54, 1.807) is 0 Å². The zero-order chi connectivity index (χ0) is 41.4. The van der Waals surface area contributed by atoms with Crippen LogP contribution in [0.25, 0.3) is 120 Å². The summed E-state index contributed by atoms with van der Waals surface area (Å²) in [6.45, 7) is 0. The normalized spacial score (nSPS) is 11.8. The van der Waals surface area contributed by atoms with Gasteiger partial charge in [-0.05, 0) is 117 Å². The molecule has 13 rings (SSSR count). The van der Waals surface area contributed by atoms with Gasteiger partial charge < -0.3 is 9.13 Å². The second-order valence-electron chi connectivity index (χ2n) is 16.5. The van der Waals surface area contributed by atoms with E-state index in [9.17, 15) is 0 Å². The fourth-order valence-electron chi connectivity index (χ4n) is 9.97. The van der Waals surface area contributed by atoms with Crippen molar-refractivity contribution in [3.05, 3.63) is 231 Å². The molecule has 13 aromatic rings. The number of para-hydroxylation sites is 6. The average Bonchev–Trinajstić information content (AvgIpc) is 4.08. The zero-order valence-electron chi connectivity index (χ0n) is 34.2. The van der Waals surface area contributed by atoms with Gasteiger partial charge in [0.15, 0.2) is 0 Å². The molecule has 0 fully saturated rings. The fraction of sp³-hybridized carbons (Fsp3) is 0. The summed E-state index contributed by atoms with van der Waals surface area (Å²) in [5, 5.41) is 10.0. The molecule has 0 amide bonds. The maximum Gasteiger partial charge on any atom is 0.0619 e. The summed E-state index contributed by atoms with van der Waals surface area (Å²) < 4.78 is 4.84. The van der Waals surface area contributed by atoms with Crippen molar-refractivity contribution in [1.82, 2.24) is 9.13 Å². The minimum Gasteiger partial charge on any atom is -0.309 e. The van der Waals surface area contributed by atoms with Crippen LogP contribution >= 0.6 is 11.3 Å². The highest BCUT2D eigenvalue weighted by atomic mass is 32.1. The Morgan fingerprint density at radius 2 is 0.635 bits per heavy atom. The lowest BCUT2D eigenvalue weighted by Gasteiger charge is -2.12. The zero-order valence-corrected chi connectivity index (χ0v) is 35.1. The second kappa shape index (κ2) is 14.3. The number of rotatable bonds is 6. The highest BCUT2D eigenvalue weighted by molar-refractivity contribution is 7.18. The van der Waals surface area contributed by atoms with E-state index in [4.69, 9.17) is 0 Å². The standard InChI is InChI=1S/C60H38N2S/c1-3-13-47(14-4-1)61-55-23-9-7-17-51(55)53-21-11-19-49(59(53)61)43-29-25-41-37-45(31-27-39(41)35-43)57-33-34-58(63-57)46-32-28-40-36-44(30-26-42(40)38-46)50-20-12-22-54-52-18-8-10-24-56(52)62(60(50)54)48-15-5-2-6-16-48/h1-38H. The summed E-state index contributed by atoms with van der Waals surface area (Å²) in [6, 6.07) is 84.6. The molecule has 0 spiro atoms. The van der Waals surface area contributed by atoms with E-state index < -0.39 is 0 Å². The first kappa shape index (κ1) is 35.7. The maximum atomic E-state index is 2.42. The van der Waals surface area contributed by atoms with Gasteiger partial charge in [0.05, 0.1) is 22.1 Å². The summed E-state index contributed by atoms with van der Waals surface area (Å²) in [5.74, 6) is 0. The SMILES string of the molecule is c1ccc(-n2c3ccccc3c3cccc(-c4ccc5cc(-c6ccc(-c7ccc8cc(-c9cccc%10c%11ccccc%11n(-c%11ccccc%11)c9%10)ccc8c7)s6)ccc5c4)c32)cc1. The van der Waals surface area contributed by atoms with E-state index in [0.29, 0.717) is 0 Å². The van der Waals surface area contributed by atoms with Gasteiger partial charge in [-0.15, -0.1) is 11.3 Å². The van der Waals surface area contributed by atoms with Crippen molar-refractivity contribution in [3.8, 4) is 54.5 Å². The van der Waals surface area contributed by atoms with Crippen molar-refractivity contribution in [1.29, 1.82) is 0 Å². The smallest absolute Gasteiger partial charge is 0.0619 e. The largest absolute Gasteiger partial charge is 0.309 e. The number of benzene rings is 10. The topological polar surface area (TPSA) is 9.86 Å². The summed E-state index contributed by atoms with van der Waals surface area (Å²) in [4.78, 5) is 2.54. The Bertz CT molecular complexity index is 3650. The van der Waals surface area contributed by atoms with Crippen LogP contribution in [0, 0.1) is 0 Å². The van der Waals surface area contributed by atoms with E-state index in [1.165, 1.54) is 120 Å². The lowest BCUT2D eigenvalue weighted by Crippen LogP contribution is -1.95. The third kappa shape index (κ3) is 5.78. The van der Waals surface area contributed by atoms with Crippen LogP contribution in [-0.4, -0.2) is 9.13 Å². The van der Waals surface area contributed by atoms with Gasteiger partial charge in [0.25, 0.3) is 0 Å². The first-order valence-corrected chi connectivity index (χ1v) is 22.4. The van der Waals surface area contributed by atoms with Gasteiger partial charge in [0.2, 0.25) is 0 Å². The van der Waals surface area contributed by atoms with E-state index in [0.717, 1.165) is 0 Å². The molecule has 0 N–H and O–H groups in total. The van der Waals surface area contributed by atoms with E-state index >= 15 is 0 Å². The molecule has 0 aliphatic heterocycles. The van der Waals surface area contributed by atoms with Gasteiger partial charge >= 0.3 is 0 Å². The van der Waals surface area contributed by atoms with Crippen molar-refractivity contribution >= 4 is 76.5 Å². The van der Waals surface area contributed by atoms with E-state index in [-0.39, 0.29) is 0 Å². The molecule has 63 heavy (non-hydrogen) atoms. The van der Waals surface area contributed by atoms with E-state index in [1.807, 2.05) is 11.3 Å². The number of aromatic nitrogens is 2. The number of hydrogen-bond acceptors (Lipinski definition) is 1. The van der Waals surface area contributed by atoms with Crippen molar-refractivity contribution in [2.24, 2.45) is 0 Å². The number of nitrogens with zero attached hydrogens (tertiary/aromatic N) is 2. The molecule has 0 unspecified atom stereocenters. The third-order valence-corrected chi connectivity index (χ3v) is 14.1. The first-order chi connectivity index (χ1) is 31.2. The molecule has 3 heteroatoms. The van der Waals surface area contributed by atoms with Crippen LogP contribution in [0.15, 0.2) is 231 Å². The number of thiophene rings is 1. The van der Waals surface area contributed by atoms with Crippen LogP contribution in [0.5, 0.6) is 0 Å². The molecule has 0 aliphatic rings. The lowest BCUT2D eigenvalue weighted by atomic mass is 9.97. The Morgan fingerprint density at radius 1 is 0.270 bits per heavy atom. The van der Waals surface area contributed by atoms with Crippen molar-refractivity contribution in [2.75, 3.05) is 0 Å².